The van der Waals surface area contributed by atoms with Gasteiger partial charge in [0.2, 0.25) is 5.91 Å². The molecule has 1 unspecified atom stereocenters. The Morgan fingerprint density at radius 2 is 1.85 bits per heavy atom. The molecule has 12 nitrogen and oxygen atoms in total. The summed E-state index contributed by atoms with van der Waals surface area (Å²) in [4.78, 5) is 52.3. The number of rotatable bonds is 16. The van der Waals surface area contributed by atoms with Crippen LogP contribution in [0.2, 0.25) is 0 Å². The number of amides is 1. The number of ether oxygens (including phenoxy) is 1. The number of carbonyl (C=O) groups is 2. The van der Waals surface area contributed by atoms with Gasteiger partial charge in [-0.05, 0) is 58.0 Å². The number of nitrogen functional groups attached to an aromatic ring is 1. The average molecular weight is 556 g/mol. The number of anilines is 1. The lowest BCUT2D eigenvalue weighted by atomic mass is 10.00. The minimum Gasteiger partial charge on any atom is -0.481 e. The van der Waals surface area contributed by atoms with E-state index >= 15 is 0 Å². The van der Waals surface area contributed by atoms with E-state index in [-0.39, 0.29) is 23.4 Å². The largest absolute Gasteiger partial charge is 0.481 e. The van der Waals surface area contributed by atoms with Crippen molar-refractivity contribution in [3.05, 3.63) is 45.9 Å². The van der Waals surface area contributed by atoms with Crippen molar-refractivity contribution in [2.24, 2.45) is 0 Å². The molecule has 2 heterocycles. The molecular formula is C28H41N7O5. The topological polar surface area (TPSA) is 160 Å². The van der Waals surface area contributed by atoms with Crippen LogP contribution in [0, 0.1) is 0 Å². The maximum absolute atomic E-state index is 13.2. The van der Waals surface area contributed by atoms with Gasteiger partial charge in [0.1, 0.15) is 5.52 Å². The van der Waals surface area contributed by atoms with Crippen molar-refractivity contribution in [1.82, 2.24) is 29.3 Å². The second kappa shape index (κ2) is 14.5. The van der Waals surface area contributed by atoms with Crippen molar-refractivity contribution in [2.75, 3.05) is 39.5 Å². The Balaban J connectivity index is 1.74. The van der Waals surface area contributed by atoms with E-state index in [1.165, 1.54) is 4.57 Å². The van der Waals surface area contributed by atoms with Crippen LogP contribution in [0.1, 0.15) is 63.0 Å². The number of nitrogens with zero attached hydrogens (tertiary/aromatic N) is 5. The predicted octanol–water partition coefficient (Wildman–Crippen LogP) is 2.83. The van der Waals surface area contributed by atoms with E-state index in [1.54, 1.807) is 24.0 Å². The summed E-state index contributed by atoms with van der Waals surface area (Å²) >= 11 is 0. The van der Waals surface area contributed by atoms with Gasteiger partial charge in [0.15, 0.2) is 11.5 Å². The third kappa shape index (κ3) is 8.28. The Kier molecular flexibility index (Phi) is 11.1. The van der Waals surface area contributed by atoms with Crippen LogP contribution in [0.25, 0.3) is 11.2 Å². The fourth-order valence-corrected chi connectivity index (χ4v) is 4.30. The third-order valence-electron chi connectivity index (χ3n) is 6.74. The van der Waals surface area contributed by atoms with Gasteiger partial charge in [0.25, 0.3) is 0 Å². The lowest BCUT2D eigenvalue weighted by Crippen LogP contribution is -2.33. The molecule has 0 aliphatic carbocycles. The normalized spacial score (nSPS) is 12.1. The number of aliphatic carboxylic acids is 1. The number of aromatic nitrogens is 4. The van der Waals surface area contributed by atoms with Gasteiger partial charge in [0, 0.05) is 26.1 Å². The summed E-state index contributed by atoms with van der Waals surface area (Å²) in [7, 11) is 3.94. The molecule has 0 aliphatic rings. The summed E-state index contributed by atoms with van der Waals surface area (Å²) in [5.41, 5.74) is 8.05. The van der Waals surface area contributed by atoms with E-state index in [0.29, 0.717) is 55.8 Å². The molecule has 3 rings (SSSR count). The maximum Gasteiger partial charge on any atom is 0.327 e. The van der Waals surface area contributed by atoms with Gasteiger partial charge in [-0.15, -0.1) is 0 Å². The van der Waals surface area contributed by atoms with E-state index in [9.17, 15) is 19.5 Å². The van der Waals surface area contributed by atoms with Gasteiger partial charge in [-0.1, -0.05) is 37.6 Å². The number of aromatic amines is 1. The molecule has 1 atom stereocenters. The molecule has 2 aromatic heterocycles. The quantitative estimate of drug-likeness (QED) is 0.226. The minimum atomic E-state index is -0.885. The molecular weight excluding hydrogens is 514 g/mol. The van der Waals surface area contributed by atoms with Crippen molar-refractivity contribution in [1.29, 1.82) is 0 Å². The zero-order valence-electron chi connectivity index (χ0n) is 23.9. The summed E-state index contributed by atoms with van der Waals surface area (Å²) < 4.78 is 7.11. The number of benzene rings is 1. The number of nitrogens with two attached hydrogens (primary N) is 1. The van der Waals surface area contributed by atoms with Crippen LogP contribution in [-0.2, 0) is 22.7 Å². The summed E-state index contributed by atoms with van der Waals surface area (Å²) in [6.45, 7) is 6.08. The number of imidazole rings is 1. The van der Waals surface area contributed by atoms with Gasteiger partial charge >= 0.3 is 17.7 Å². The fraction of sp³-hybridized carbons (Fsp3) is 0.536. The average Bonchev–Trinajstić information content (AvgIpc) is 3.23. The van der Waals surface area contributed by atoms with Gasteiger partial charge in [-0.3, -0.25) is 14.2 Å². The Hall–Kier alpha value is -3.93. The van der Waals surface area contributed by atoms with Crippen LogP contribution < -0.4 is 16.2 Å². The summed E-state index contributed by atoms with van der Waals surface area (Å²) in [5.74, 6) is -1.33. The van der Waals surface area contributed by atoms with E-state index in [2.05, 4.69) is 21.9 Å². The highest BCUT2D eigenvalue weighted by atomic mass is 16.5. The number of fused-ring (bicyclic) bond motifs is 1. The Labute approximate surface area is 234 Å². The molecule has 4 N–H and O–H groups in total. The summed E-state index contributed by atoms with van der Waals surface area (Å²) in [6.07, 6.45) is 3.46. The third-order valence-corrected chi connectivity index (χ3v) is 6.74. The first-order valence-electron chi connectivity index (χ1n) is 13.7. The van der Waals surface area contributed by atoms with Gasteiger partial charge in [-0.25, -0.2) is 4.79 Å². The number of unbranched alkanes of at least 4 members (excludes halogenated alkanes) is 1. The van der Waals surface area contributed by atoms with Crippen molar-refractivity contribution in [2.45, 2.75) is 65.0 Å². The van der Waals surface area contributed by atoms with Crippen LogP contribution in [0.4, 0.5) is 5.82 Å². The van der Waals surface area contributed by atoms with Crippen molar-refractivity contribution in [3.8, 4) is 6.01 Å². The molecule has 40 heavy (non-hydrogen) atoms. The number of carboxylic acid groups (broad SMARTS) is 1. The lowest BCUT2D eigenvalue weighted by molar-refractivity contribution is -0.138. The molecule has 0 aliphatic heterocycles. The van der Waals surface area contributed by atoms with Crippen LogP contribution >= 0.6 is 0 Å². The molecule has 0 bridgehead atoms. The summed E-state index contributed by atoms with van der Waals surface area (Å²) in [5, 5.41) is 9.28. The predicted molar refractivity (Wildman–Crippen MR) is 153 cm³/mol. The number of H-pyrrole nitrogens is 1. The Morgan fingerprint density at radius 3 is 2.50 bits per heavy atom. The summed E-state index contributed by atoms with van der Waals surface area (Å²) in [6, 6.07) is 7.43. The molecule has 0 radical (unpaired) electrons. The molecule has 3 aromatic rings. The maximum atomic E-state index is 13.2. The van der Waals surface area contributed by atoms with Crippen molar-refractivity contribution < 1.29 is 19.4 Å². The smallest absolute Gasteiger partial charge is 0.327 e. The van der Waals surface area contributed by atoms with Crippen LogP contribution in [-0.4, -0.2) is 80.1 Å². The second-order valence-electron chi connectivity index (χ2n) is 10.3. The number of hydrogen-bond acceptors (Lipinski definition) is 8. The van der Waals surface area contributed by atoms with E-state index < -0.39 is 11.9 Å². The number of carboxylic acids is 1. The lowest BCUT2D eigenvalue weighted by Gasteiger charge is -2.24. The van der Waals surface area contributed by atoms with Crippen molar-refractivity contribution >= 4 is 28.9 Å². The van der Waals surface area contributed by atoms with Crippen LogP contribution in [0.15, 0.2) is 29.1 Å². The number of aryl methyl sites for hydroxylation is 1. The minimum absolute atomic E-state index is 0.0225. The highest BCUT2D eigenvalue weighted by Crippen LogP contribution is 2.19. The highest BCUT2D eigenvalue weighted by Gasteiger charge is 2.18. The van der Waals surface area contributed by atoms with Gasteiger partial charge in [-0.2, -0.15) is 9.97 Å². The zero-order valence-corrected chi connectivity index (χ0v) is 23.9. The van der Waals surface area contributed by atoms with Crippen LogP contribution in [0.3, 0.4) is 0 Å². The molecule has 0 fully saturated rings. The Bertz CT molecular complexity index is 1330. The molecule has 0 saturated heterocycles. The Morgan fingerprint density at radius 1 is 1.12 bits per heavy atom. The zero-order chi connectivity index (χ0) is 29.2. The van der Waals surface area contributed by atoms with Crippen LogP contribution in [0.5, 0.6) is 6.01 Å². The monoisotopic (exact) mass is 555 g/mol. The molecule has 0 spiro atoms. The fourth-order valence-electron chi connectivity index (χ4n) is 4.30. The standard InChI is InChI=1S/C28H41N7O5/c1-5-6-17-40-27-31-24(29)23-25(32-27)35(28(39)30-23)16-8-15-34(22(36)9-7-14-33(3)4)18-20-10-12-21(13-11-20)19(2)26(37)38/h10-13,19H,5-9,14-18H2,1-4H3,(H,30,39)(H,37,38)(H2,29,31,32). The molecule has 218 valence electrons. The van der Waals surface area contributed by atoms with E-state index in [4.69, 9.17) is 10.5 Å². The highest BCUT2D eigenvalue weighted by molar-refractivity contribution is 5.82. The van der Waals surface area contributed by atoms with E-state index in [1.807, 2.05) is 31.1 Å². The first-order valence-corrected chi connectivity index (χ1v) is 13.7. The number of carbonyl (C=O) groups excluding carboxylic acids is 1. The van der Waals surface area contributed by atoms with Crippen molar-refractivity contribution in [3.63, 3.8) is 0 Å². The first-order chi connectivity index (χ1) is 19.1. The molecule has 1 amide bonds. The number of nitrogens with one attached hydrogen (secondary N) is 1. The first kappa shape index (κ1) is 30.6. The molecule has 12 heteroatoms. The second-order valence-corrected chi connectivity index (χ2v) is 10.3. The van der Waals surface area contributed by atoms with Gasteiger partial charge in [0.05, 0.1) is 12.5 Å². The van der Waals surface area contributed by atoms with Gasteiger partial charge < -0.3 is 30.4 Å². The molecule has 0 saturated carbocycles. The van der Waals surface area contributed by atoms with E-state index in [0.717, 1.165) is 31.4 Å². The molecule has 1 aromatic carbocycles. The number of hydrogen-bond donors (Lipinski definition) is 3. The SMILES string of the molecule is CCCCOc1nc(N)c2[nH]c(=O)n(CCCN(Cc3ccc(C(C)C(=O)O)cc3)C(=O)CCCN(C)C)c2n1.